The van der Waals surface area contributed by atoms with E-state index in [1.165, 1.54) is 12.1 Å². The summed E-state index contributed by atoms with van der Waals surface area (Å²) in [6.45, 7) is 1.55. The molecule has 0 saturated carbocycles. The van der Waals surface area contributed by atoms with Crippen LogP contribution < -0.4 is 0 Å². The second-order valence-corrected chi connectivity index (χ2v) is 5.68. The largest absolute Gasteiger partial charge is 0.388 e. The average molecular weight is 374 g/mol. The Morgan fingerprint density at radius 1 is 1.11 bits per heavy atom. The van der Waals surface area contributed by atoms with E-state index >= 15 is 0 Å². The summed E-state index contributed by atoms with van der Waals surface area (Å²) in [5, 5.41) is 10.0. The Hall–Kier alpha value is -1.01. The summed E-state index contributed by atoms with van der Waals surface area (Å²) in [6.07, 6.45) is -0.992. The highest BCUT2D eigenvalue weighted by atomic mass is 127. The Morgan fingerprint density at radius 3 is 2.37 bits per heavy atom. The number of hydrogen-bond acceptors (Lipinski definition) is 1. The van der Waals surface area contributed by atoms with Gasteiger partial charge in [-0.05, 0) is 58.8 Å². The van der Waals surface area contributed by atoms with E-state index in [2.05, 4.69) is 22.6 Å². The van der Waals surface area contributed by atoms with E-state index in [0.29, 0.717) is 5.56 Å². The van der Waals surface area contributed by atoms with E-state index in [9.17, 15) is 13.9 Å². The monoisotopic (exact) mass is 374 g/mol. The van der Waals surface area contributed by atoms with Gasteiger partial charge in [0, 0.05) is 9.99 Å². The highest BCUT2D eigenvalue weighted by Crippen LogP contribution is 2.26. The van der Waals surface area contributed by atoms with Crippen molar-refractivity contribution < 1.29 is 13.9 Å². The third-order valence-electron chi connectivity index (χ3n) is 3.00. The van der Waals surface area contributed by atoms with E-state index in [4.69, 9.17) is 0 Å². The molecule has 4 heteroatoms. The normalized spacial score (nSPS) is 12.5. The molecular formula is C15H13F2IO. The van der Waals surface area contributed by atoms with E-state index in [0.717, 1.165) is 9.13 Å². The van der Waals surface area contributed by atoms with Crippen LogP contribution in [0.5, 0.6) is 0 Å². The molecule has 0 radical (unpaired) electrons. The molecule has 0 aliphatic rings. The molecule has 0 amide bonds. The molecule has 2 aromatic rings. The number of halogens is 3. The number of aryl methyl sites for hydroxylation is 1. The van der Waals surface area contributed by atoms with Crippen molar-refractivity contribution in [1.29, 1.82) is 0 Å². The van der Waals surface area contributed by atoms with Gasteiger partial charge in [0.2, 0.25) is 0 Å². The molecule has 0 fully saturated rings. The van der Waals surface area contributed by atoms with Crippen LogP contribution >= 0.6 is 22.6 Å². The highest BCUT2D eigenvalue weighted by molar-refractivity contribution is 14.1. The summed E-state index contributed by atoms with van der Waals surface area (Å²) in [7, 11) is 0. The van der Waals surface area contributed by atoms with Gasteiger partial charge in [-0.3, -0.25) is 0 Å². The van der Waals surface area contributed by atoms with E-state index < -0.39 is 17.7 Å². The van der Waals surface area contributed by atoms with Crippen molar-refractivity contribution in [2.75, 3.05) is 0 Å². The van der Waals surface area contributed by atoms with Gasteiger partial charge >= 0.3 is 0 Å². The zero-order valence-electron chi connectivity index (χ0n) is 10.3. The molecule has 100 valence electrons. The van der Waals surface area contributed by atoms with Crippen LogP contribution in [0.15, 0.2) is 36.4 Å². The lowest BCUT2D eigenvalue weighted by Gasteiger charge is -2.14. The predicted octanol–water partition coefficient (Wildman–Crippen LogP) is 4.15. The summed E-state index contributed by atoms with van der Waals surface area (Å²) in [5.74, 6) is -1.38. The highest BCUT2D eigenvalue weighted by Gasteiger charge is 2.19. The van der Waals surface area contributed by atoms with Crippen molar-refractivity contribution in [3.63, 3.8) is 0 Å². The Bertz CT molecular complexity index is 581. The molecule has 1 nitrogen and oxygen atoms in total. The van der Waals surface area contributed by atoms with Crippen LogP contribution in [0.3, 0.4) is 0 Å². The van der Waals surface area contributed by atoms with Crippen molar-refractivity contribution in [3.05, 3.63) is 68.3 Å². The number of benzene rings is 2. The van der Waals surface area contributed by atoms with E-state index in [1.54, 1.807) is 6.92 Å². The van der Waals surface area contributed by atoms with Crippen molar-refractivity contribution in [3.8, 4) is 0 Å². The first-order chi connectivity index (χ1) is 8.99. The lowest BCUT2D eigenvalue weighted by atomic mass is 9.99. The maximum absolute atomic E-state index is 13.9. The maximum atomic E-state index is 13.9. The molecule has 0 saturated heterocycles. The lowest BCUT2D eigenvalue weighted by Crippen LogP contribution is -2.08. The third-order valence-corrected chi connectivity index (χ3v) is 3.71. The minimum Gasteiger partial charge on any atom is -0.388 e. The first-order valence-electron chi connectivity index (χ1n) is 5.86. The van der Waals surface area contributed by atoms with Crippen molar-refractivity contribution in [2.45, 2.75) is 19.4 Å². The molecular weight excluding hydrogens is 361 g/mol. The number of aliphatic hydroxyl groups excluding tert-OH is 1. The van der Waals surface area contributed by atoms with Crippen LogP contribution in [0.2, 0.25) is 0 Å². The number of hydrogen-bond donors (Lipinski definition) is 1. The second-order valence-electron chi connectivity index (χ2n) is 4.44. The Morgan fingerprint density at radius 2 is 1.74 bits per heavy atom. The first kappa shape index (κ1) is 14.4. The smallest absolute Gasteiger partial charge is 0.134 e. The minimum absolute atomic E-state index is 0.189. The molecule has 0 heterocycles. The maximum Gasteiger partial charge on any atom is 0.134 e. The fourth-order valence-corrected chi connectivity index (χ4v) is 2.29. The molecule has 0 aliphatic heterocycles. The van der Waals surface area contributed by atoms with Crippen LogP contribution in [0.4, 0.5) is 8.78 Å². The van der Waals surface area contributed by atoms with Crippen LogP contribution in [0.25, 0.3) is 0 Å². The Kier molecular flexibility index (Phi) is 4.52. The predicted molar refractivity (Wildman–Crippen MR) is 78.9 cm³/mol. The summed E-state index contributed by atoms with van der Waals surface area (Å²) in [6, 6.07) is 10.0. The van der Waals surface area contributed by atoms with Gasteiger partial charge < -0.3 is 5.11 Å². The summed E-state index contributed by atoms with van der Waals surface area (Å²) in [5.41, 5.74) is 0.921. The minimum atomic E-state index is -1.18. The van der Waals surface area contributed by atoms with Crippen LogP contribution in [0, 0.1) is 22.1 Å². The standard InChI is InChI=1S/C15H13F2IO/c1-9-2-7-12(16)14(15(9)17)13(19)8-10-3-5-11(18)6-4-10/h2-7,13,19H,8H2,1H3. The molecule has 1 atom stereocenters. The fraction of sp³-hybridized carbons (Fsp3) is 0.200. The van der Waals surface area contributed by atoms with Crippen LogP contribution in [0.1, 0.15) is 22.8 Å². The lowest BCUT2D eigenvalue weighted by molar-refractivity contribution is 0.168. The first-order valence-corrected chi connectivity index (χ1v) is 6.94. The fourth-order valence-electron chi connectivity index (χ4n) is 1.93. The zero-order chi connectivity index (χ0) is 14.0. The van der Waals surface area contributed by atoms with Gasteiger partial charge in [-0.25, -0.2) is 8.78 Å². The van der Waals surface area contributed by atoms with Gasteiger partial charge in [0.05, 0.1) is 11.7 Å². The Balaban J connectivity index is 2.27. The van der Waals surface area contributed by atoms with Gasteiger partial charge in [-0.15, -0.1) is 0 Å². The number of aliphatic hydroxyl groups is 1. The summed E-state index contributed by atoms with van der Waals surface area (Å²) in [4.78, 5) is 0. The second kappa shape index (κ2) is 5.96. The molecule has 0 bridgehead atoms. The molecule has 2 aromatic carbocycles. The van der Waals surface area contributed by atoms with Gasteiger partial charge in [0.25, 0.3) is 0 Å². The molecule has 19 heavy (non-hydrogen) atoms. The topological polar surface area (TPSA) is 20.2 Å². The quantitative estimate of drug-likeness (QED) is 0.801. The van der Waals surface area contributed by atoms with Crippen LogP contribution in [-0.2, 0) is 6.42 Å². The van der Waals surface area contributed by atoms with E-state index in [-0.39, 0.29) is 12.0 Å². The number of rotatable bonds is 3. The molecule has 0 aromatic heterocycles. The molecule has 2 rings (SSSR count). The molecule has 1 N–H and O–H groups in total. The summed E-state index contributed by atoms with van der Waals surface area (Å²) < 4.78 is 28.6. The molecule has 0 spiro atoms. The van der Waals surface area contributed by atoms with Crippen molar-refractivity contribution >= 4 is 22.6 Å². The molecule has 0 aliphatic carbocycles. The Labute approximate surface area is 124 Å². The molecule has 1 unspecified atom stereocenters. The van der Waals surface area contributed by atoms with Crippen molar-refractivity contribution in [1.82, 2.24) is 0 Å². The van der Waals surface area contributed by atoms with Gasteiger partial charge in [-0.2, -0.15) is 0 Å². The SMILES string of the molecule is Cc1ccc(F)c(C(O)Cc2ccc(I)cc2)c1F. The van der Waals surface area contributed by atoms with Gasteiger partial charge in [0.1, 0.15) is 11.6 Å². The van der Waals surface area contributed by atoms with Gasteiger partial charge in [-0.1, -0.05) is 18.2 Å². The third kappa shape index (κ3) is 3.30. The van der Waals surface area contributed by atoms with Gasteiger partial charge in [0.15, 0.2) is 0 Å². The summed E-state index contributed by atoms with van der Waals surface area (Å²) >= 11 is 2.17. The van der Waals surface area contributed by atoms with Crippen molar-refractivity contribution in [2.24, 2.45) is 0 Å². The average Bonchev–Trinajstić information content (AvgIpc) is 2.37. The zero-order valence-corrected chi connectivity index (χ0v) is 12.5. The van der Waals surface area contributed by atoms with Crippen LogP contribution in [-0.4, -0.2) is 5.11 Å². The van der Waals surface area contributed by atoms with E-state index in [1.807, 2.05) is 24.3 Å².